The number of thioether (sulfide) groups is 1. The second-order valence-electron chi connectivity index (χ2n) is 3.65. The van der Waals surface area contributed by atoms with Crippen molar-refractivity contribution in [3.05, 3.63) is 24.0 Å². The molecule has 0 aliphatic carbocycles. The Morgan fingerprint density at radius 1 is 1.33 bits per heavy atom. The minimum Gasteiger partial charge on any atom is -0.432 e. The van der Waals surface area contributed by atoms with Crippen molar-refractivity contribution in [1.29, 1.82) is 0 Å². The summed E-state index contributed by atoms with van der Waals surface area (Å²) in [5.41, 5.74) is 0.568. The van der Waals surface area contributed by atoms with Gasteiger partial charge in [0.25, 0.3) is 0 Å². The highest BCUT2D eigenvalue weighted by atomic mass is 32.2. The van der Waals surface area contributed by atoms with Crippen molar-refractivity contribution in [2.45, 2.75) is 19.5 Å². The molecule has 1 N–H and O–H groups in total. The summed E-state index contributed by atoms with van der Waals surface area (Å²) in [6.45, 7) is -2.28. The lowest BCUT2D eigenvalue weighted by molar-refractivity contribution is -0.0521. The zero-order valence-electron chi connectivity index (χ0n) is 10.1. The fraction of sp³-hybridized carbons (Fsp3) is 0.500. The molecule has 0 bridgehead atoms. The van der Waals surface area contributed by atoms with Crippen LogP contribution in [0, 0.1) is 5.82 Å². The first-order chi connectivity index (χ1) is 8.63. The Morgan fingerprint density at radius 3 is 2.72 bits per heavy atom. The van der Waals surface area contributed by atoms with Crippen molar-refractivity contribution >= 4 is 17.4 Å². The van der Waals surface area contributed by atoms with Gasteiger partial charge in [-0.3, -0.25) is 0 Å². The number of alkyl halides is 2. The third kappa shape index (κ3) is 5.53. The van der Waals surface area contributed by atoms with Crippen molar-refractivity contribution in [3.63, 3.8) is 0 Å². The van der Waals surface area contributed by atoms with Crippen LogP contribution >= 0.6 is 11.8 Å². The summed E-state index contributed by atoms with van der Waals surface area (Å²) in [5.74, 6) is -0.126. The molecular weight excluding hydrogens is 263 g/mol. The average Bonchev–Trinajstić information content (AvgIpc) is 2.32. The van der Waals surface area contributed by atoms with Gasteiger partial charge in [0.2, 0.25) is 0 Å². The largest absolute Gasteiger partial charge is 0.432 e. The van der Waals surface area contributed by atoms with Gasteiger partial charge in [-0.1, -0.05) is 0 Å². The van der Waals surface area contributed by atoms with E-state index in [9.17, 15) is 13.2 Å². The standard InChI is InChI=1S/C12H16F3NOS/c1-18-7-3-2-6-16-9-4-5-11(10(13)8-9)17-12(14)15/h4-5,8,12,16H,2-3,6-7H2,1H3. The monoisotopic (exact) mass is 279 g/mol. The van der Waals surface area contributed by atoms with Gasteiger partial charge in [0.15, 0.2) is 11.6 Å². The Hall–Kier alpha value is -1.04. The van der Waals surface area contributed by atoms with Crippen LogP contribution in [-0.4, -0.2) is 25.2 Å². The maximum atomic E-state index is 13.3. The van der Waals surface area contributed by atoms with Crippen LogP contribution in [0.15, 0.2) is 18.2 Å². The summed E-state index contributed by atoms with van der Waals surface area (Å²) in [7, 11) is 0. The molecule has 2 nitrogen and oxygen atoms in total. The highest BCUT2D eigenvalue weighted by molar-refractivity contribution is 7.98. The number of anilines is 1. The topological polar surface area (TPSA) is 21.3 Å². The van der Waals surface area contributed by atoms with E-state index in [-0.39, 0.29) is 0 Å². The zero-order valence-corrected chi connectivity index (χ0v) is 10.9. The number of nitrogens with one attached hydrogen (secondary N) is 1. The maximum Gasteiger partial charge on any atom is 0.387 e. The predicted molar refractivity (Wildman–Crippen MR) is 69.1 cm³/mol. The summed E-state index contributed by atoms with van der Waals surface area (Å²) >= 11 is 1.78. The predicted octanol–water partition coefficient (Wildman–Crippen LogP) is 3.98. The molecule has 0 saturated carbocycles. The van der Waals surface area contributed by atoms with Crippen molar-refractivity contribution in [2.75, 3.05) is 23.9 Å². The zero-order chi connectivity index (χ0) is 13.4. The Bertz CT molecular complexity index is 363. The van der Waals surface area contributed by atoms with Gasteiger partial charge in [-0.25, -0.2) is 4.39 Å². The molecule has 0 aromatic heterocycles. The molecule has 0 spiro atoms. The van der Waals surface area contributed by atoms with Gasteiger partial charge in [-0.15, -0.1) is 0 Å². The number of ether oxygens (including phenoxy) is 1. The van der Waals surface area contributed by atoms with Crippen molar-refractivity contribution in [2.24, 2.45) is 0 Å². The number of halogens is 3. The molecule has 0 aliphatic heterocycles. The van der Waals surface area contributed by atoms with Crippen LogP contribution in [0.5, 0.6) is 5.75 Å². The van der Waals surface area contributed by atoms with E-state index in [1.54, 1.807) is 11.8 Å². The summed E-state index contributed by atoms with van der Waals surface area (Å²) in [4.78, 5) is 0. The first kappa shape index (κ1) is 15.0. The first-order valence-corrected chi connectivity index (χ1v) is 7.00. The molecule has 0 unspecified atom stereocenters. The minimum atomic E-state index is -3.01. The second kappa shape index (κ2) is 8.13. The Morgan fingerprint density at radius 2 is 2.11 bits per heavy atom. The Kier molecular flexibility index (Phi) is 6.78. The number of unbranched alkanes of at least 4 members (excludes halogenated alkanes) is 1. The van der Waals surface area contributed by atoms with Crippen LogP contribution in [0.1, 0.15) is 12.8 Å². The molecule has 0 atom stereocenters. The van der Waals surface area contributed by atoms with E-state index in [2.05, 4.69) is 10.1 Å². The van der Waals surface area contributed by atoms with Crippen LogP contribution in [0.2, 0.25) is 0 Å². The molecular formula is C12H16F3NOS. The fourth-order valence-corrected chi connectivity index (χ4v) is 1.90. The maximum absolute atomic E-state index is 13.3. The lowest BCUT2D eigenvalue weighted by atomic mass is 10.2. The Balaban J connectivity index is 2.41. The molecule has 0 radical (unpaired) electrons. The van der Waals surface area contributed by atoms with E-state index in [0.717, 1.165) is 31.2 Å². The molecule has 102 valence electrons. The molecule has 6 heteroatoms. The SMILES string of the molecule is CSCCCCNc1ccc(OC(F)F)c(F)c1. The van der Waals surface area contributed by atoms with E-state index in [0.29, 0.717) is 5.69 Å². The second-order valence-corrected chi connectivity index (χ2v) is 4.64. The fourth-order valence-electron chi connectivity index (χ4n) is 1.41. The van der Waals surface area contributed by atoms with Crippen LogP contribution in [-0.2, 0) is 0 Å². The molecule has 0 amide bonds. The average molecular weight is 279 g/mol. The van der Waals surface area contributed by atoms with Gasteiger partial charge in [0, 0.05) is 18.3 Å². The van der Waals surface area contributed by atoms with E-state index >= 15 is 0 Å². The number of benzene rings is 1. The number of rotatable bonds is 8. The molecule has 18 heavy (non-hydrogen) atoms. The number of hydrogen-bond acceptors (Lipinski definition) is 3. The lowest BCUT2D eigenvalue weighted by Crippen LogP contribution is -2.05. The van der Waals surface area contributed by atoms with Crippen molar-refractivity contribution < 1.29 is 17.9 Å². The number of hydrogen-bond donors (Lipinski definition) is 1. The van der Waals surface area contributed by atoms with Crippen molar-refractivity contribution in [1.82, 2.24) is 0 Å². The van der Waals surface area contributed by atoms with Crippen LogP contribution in [0.4, 0.5) is 18.9 Å². The molecule has 0 heterocycles. The third-order valence-electron chi connectivity index (χ3n) is 2.25. The van der Waals surface area contributed by atoms with E-state index in [1.807, 2.05) is 6.26 Å². The smallest absolute Gasteiger partial charge is 0.387 e. The van der Waals surface area contributed by atoms with E-state index in [1.165, 1.54) is 12.1 Å². The van der Waals surface area contributed by atoms with Crippen LogP contribution in [0.3, 0.4) is 0 Å². The molecule has 1 aromatic carbocycles. The van der Waals surface area contributed by atoms with E-state index < -0.39 is 18.2 Å². The van der Waals surface area contributed by atoms with Gasteiger partial charge < -0.3 is 10.1 Å². The summed E-state index contributed by atoms with van der Waals surface area (Å²) in [6.07, 6.45) is 4.12. The molecule has 0 aliphatic rings. The summed E-state index contributed by atoms with van der Waals surface area (Å²) in [5, 5.41) is 3.03. The minimum absolute atomic E-state index is 0.432. The van der Waals surface area contributed by atoms with Gasteiger partial charge in [0.05, 0.1) is 0 Å². The molecule has 1 aromatic rings. The van der Waals surface area contributed by atoms with Crippen LogP contribution in [0.25, 0.3) is 0 Å². The van der Waals surface area contributed by atoms with Crippen molar-refractivity contribution in [3.8, 4) is 5.75 Å². The summed E-state index contributed by atoms with van der Waals surface area (Å²) < 4.78 is 41.2. The molecule has 1 rings (SSSR count). The van der Waals surface area contributed by atoms with Crippen LogP contribution < -0.4 is 10.1 Å². The summed E-state index contributed by atoms with van der Waals surface area (Å²) in [6, 6.07) is 3.88. The first-order valence-electron chi connectivity index (χ1n) is 5.60. The molecule has 0 fully saturated rings. The molecule has 0 saturated heterocycles. The highest BCUT2D eigenvalue weighted by Gasteiger charge is 2.09. The third-order valence-corrected chi connectivity index (χ3v) is 2.95. The van der Waals surface area contributed by atoms with Gasteiger partial charge >= 0.3 is 6.61 Å². The quantitative estimate of drug-likeness (QED) is 0.727. The van der Waals surface area contributed by atoms with Gasteiger partial charge in [0.1, 0.15) is 0 Å². The Labute approximate surface area is 109 Å². The lowest BCUT2D eigenvalue weighted by Gasteiger charge is -2.09. The van der Waals surface area contributed by atoms with E-state index in [4.69, 9.17) is 0 Å². The van der Waals surface area contributed by atoms with Gasteiger partial charge in [-0.05, 0) is 37.0 Å². The normalized spacial score (nSPS) is 10.7. The highest BCUT2D eigenvalue weighted by Crippen LogP contribution is 2.22. The van der Waals surface area contributed by atoms with Gasteiger partial charge in [-0.2, -0.15) is 20.5 Å².